The molecule has 1 aromatic heterocycles. The number of rotatable bonds is 6. The van der Waals surface area contributed by atoms with Gasteiger partial charge in [-0.25, -0.2) is 16.8 Å². The van der Waals surface area contributed by atoms with Crippen molar-refractivity contribution in [2.45, 2.75) is 5.75 Å². The number of sulfonamides is 2. The summed E-state index contributed by atoms with van der Waals surface area (Å²) < 4.78 is 57.1. The summed E-state index contributed by atoms with van der Waals surface area (Å²) in [5.74, 6) is -0.367. The second kappa shape index (κ2) is 6.37. The summed E-state index contributed by atoms with van der Waals surface area (Å²) in [4.78, 5) is 0. The highest BCUT2D eigenvalue weighted by Gasteiger charge is 2.18. The number of nitrogens with one attached hydrogen (secondary N) is 2. The first-order valence-corrected chi connectivity index (χ1v) is 10.7. The lowest BCUT2D eigenvalue weighted by atomic mass is 10.2. The zero-order valence-electron chi connectivity index (χ0n) is 13.1. The Bertz CT molecular complexity index is 1120. The van der Waals surface area contributed by atoms with E-state index in [4.69, 9.17) is 4.52 Å². The van der Waals surface area contributed by atoms with Gasteiger partial charge in [0.15, 0.2) is 5.58 Å². The first-order chi connectivity index (χ1) is 11.7. The van der Waals surface area contributed by atoms with Gasteiger partial charge in [0.1, 0.15) is 11.4 Å². The summed E-state index contributed by atoms with van der Waals surface area (Å²) >= 11 is 0. The molecule has 10 heteroatoms. The summed E-state index contributed by atoms with van der Waals surface area (Å²) in [7, 11) is -7.21. The average Bonchev–Trinajstić information content (AvgIpc) is 2.88. The summed E-state index contributed by atoms with van der Waals surface area (Å²) in [5.41, 5.74) is 1.30. The maximum Gasteiger partial charge on any atom is 0.238 e. The summed E-state index contributed by atoms with van der Waals surface area (Å²) in [6.45, 7) is 0. The highest BCUT2D eigenvalue weighted by molar-refractivity contribution is 7.92. The van der Waals surface area contributed by atoms with Crippen LogP contribution in [0.4, 0.5) is 11.4 Å². The Morgan fingerprint density at radius 3 is 2.36 bits per heavy atom. The average molecular weight is 381 g/mol. The quantitative estimate of drug-likeness (QED) is 0.675. The lowest BCUT2D eigenvalue weighted by Crippen LogP contribution is -2.16. The van der Waals surface area contributed by atoms with Crippen molar-refractivity contribution in [1.82, 2.24) is 5.16 Å². The molecule has 2 aromatic carbocycles. The molecular weight excluding hydrogens is 366 g/mol. The van der Waals surface area contributed by atoms with Crippen molar-refractivity contribution in [3.8, 4) is 0 Å². The normalized spacial score (nSPS) is 12.2. The number of hydrogen-bond acceptors (Lipinski definition) is 6. The second-order valence-corrected chi connectivity index (χ2v) is 8.91. The minimum Gasteiger partial charge on any atom is -0.356 e. The van der Waals surface area contributed by atoms with E-state index in [0.717, 1.165) is 6.26 Å². The zero-order chi connectivity index (χ0) is 18.1. The van der Waals surface area contributed by atoms with E-state index in [0.29, 0.717) is 16.7 Å². The predicted molar refractivity (Wildman–Crippen MR) is 95.2 cm³/mol. The zero-order valence-corrected chi connectivity index (χ0v) is 14.8. The van der Waals surface area contributed by atoms with Crippen LogP contribution in [0.25, 0.3) is 11.0 Å². The molecular formula is C15H15N3O5S2. The Morgan fingerprint density at radius 1 is 0.960 bits per heavy atom. The SMILES string of the molecule is CS(=O)(=O)Nc1cccc(NS(=O)(=O)Cc2noc3ccccc23)c1. The molecule has 0 aliphatic heterocycles. The molecule has 3 aromatic rings. The topological polar surface area (TPSA) is 118 Å². The number of hydrogen-bond donors (Lipinski definition) is 2. The lowest BCUT2D eigenvalue weighted by Gasteiger charge is -2.09. The number of anilines is 2. The minimum absolute atomic E-state index is 0.237. The summed E-state index contributed by atoms with van der Waals surface area (Å²) in [6, 6.07) is 12.9. The monoisotopic (exact) mass is 381 g/mol. The number of fused-ring (bicyclic) bond motifs is 1. The van der Waals surface area contributed by atoms with Gasteiger partial charge in [0.2, 0.25) is 20.0 Å². The van der Waals surface area contributed by atoms with E-state index < -0.39 is 20.0 Å². The molecule has 0 aliphatic rings. The van der Waals surface area contributed by atoms with Gasteiger partial charge in [-0.3, -0.25) is 9.44 Å². The Kier molecular flexibility index (Phi) is 4.39. The summed E-state index contributed by atoms with van der Waals surface area (Å²) in [5, 5.41) is 4.43. The third-order valence-electron chi connectivity index (χ3n) is 3.22. The molecule has 3 rings (SSSR count). The molecule has 0 radical (unpaired) electrons. The number of aromatic nitrogens is 1. The van der Waals surface area contributed by atoms with Crippen LogP contribution in [0, 0.1) is 0 Å². The third kappa shape index (κ3) is 4.48. The van der Waals surface area contributed by atoms with Crippen LogP contribution in [0.1, 0.15) is 5.69 Å². The van der Waals surface area contributed by atoms with Crippen molar-refractivity contribution in [1.29, 1.82) is 0 Å². The molecule has 25 heavy (non-hydrogen) atoms. The Balaban J connectivity index is 1.81. The van der Waals surface area contributed by atoms with E-state index in [1.807, 2.05) is 0 Å². The van der Waals surface area contributed by atoms with E-state index >= 15 is 0 Å². The van der Waals surface area contributed by atoms with Crippen molar-refractivity contribution in [3.05, 3.63) is 54.2 Å². The van der Waals surface area contributed by atoms with Crippen molar-refractivity contribution < 1.29 is 21.4 Å². The van der Waals surface area contributed by atoms with Gasteiger partial charge >= 0.3 is 0 Å². The van der Waals surface area contributed by atoms with E-state index in [9.17, 15) is 16.8 Å². The van der Waals surface area contributed by atoms with Gasteiger partial charge in [-0.15, -0.1) is 0 Å². The van der Waals surface area contributed by atoms with Gasteiger partial charge in [-0.05, 0) is 30.3 Å². The van der Waals surface area contributed by atoms with Crippen LogP contribution in [0.15, 0.2) is 53.1 Å². The standard InChI is InChI=1S/C15H15N3O5S2/c1-24(19,20)17-11-5-4-6-12(9-11)18-25(21,22)10-14-13-7-2-3-8-15(13)23-16-14/h2-9,17-18H,10H2,1H3. The Labute approximate surface area is 144 Å². The first-order valence-electron chi connectivity index (χ1n) is 7.13. The predicted octanol–water partition coefficient (Wildman–Crippen LogP) is 2.14. The van der Waals surface area contributed by atoms with Crippen LogP contribution in [0.2, 0.25) is 0 Å². The van der Waals surface area contributed by atoms with E-state index in [1.165, 1.54) is 24.3 Å². The smallest absolute Gasteiger partial charge is 0.238 e. The Morgan fingerprint density at radius 2 is 1.64 bits per heavy atom. The molecule has 0 spiro atoms. The van der Waals surface area contributed by atoms with Gasteiger partial charge in [0.05, 0.1) is 17.6 Å². The van der Waals surface area contributed by atoms with Crippen LogP contribution < -0.4 is 9.44 Å². The fourth-order valence-electron chi connectivity index (χ4n) is 2.30. The first kappa shape index (κ1) is 17.2. The fraction of sp³-hybridized carbons (Fsp3) is 0.133. The third-order valence-corrected chi connectivity index (χ3v) is 5.02. The molecule has 1 heterocycles. The van der Waals surface area contributed by atoms with Crippen molar-refractivity contribution in [2.75, 3.05) is 15.7 Å². The molecule has 0 amide bonds. The van der Waals surface area contributed by atoms with Crippen molar-refractivity contribution >= 4 is 42.4 Å². The largest absolute Gasteiger partial charge is 0.356 e. The molecule has 0 unspecified atom stereocenters. The lowest BCUT2D eigenvalue weighted by molar-refractivity contribution is 0.448. The molecule has 2 N–H and O–H groups in total. The van der Waals surface area contributed by atoms with E-state index in [2.05, 4.69) is 14.6 Å². The maximum atomic E-state index is 12.4. The summed E-state index contributed by atoms with van der Waals surface area (Å²) in [6.07, 6.45) is 1.01. The number of nitrogens with zero attached hydrogens (tertiary/aromatic N) is 1. The minimum atomic E-state index is -3.76. The van der Waals surface area contributed by atoms with Crippen LogP contribution in [-0.4, -0.2) is 28.2 Å². The molecule has 0 atom stereocenters. The highest BCUT2D eigenvalue weighted by Crippen LogP contribution is 2.22. The van der Waals surface area contributed by atoms with Crippen LogP contribution in [0.3, 0.4) is 0 Å². The van der Waals surface area contributed by atoms with Gasteiger partial charge in [-0.1, -0.05) is 23.4 Å². The van der Waals surface area contributed by atoms with E-state index in [-0.39, 0.29) is 17.1 Å². The van der Waals surface area contributed by atoms with Gasteiger partial charge in [0, 0.05) is 5.39 Å². The van der Waals surface area contributed by atoms with Crippen LogP contribution in [-0.2, 0) is 25.8 Å². The molecule has 8 nitrogen and oxygen atoms in total. The van der Waals surface area contributed by atoms with Crippen molar-refractivity contribution in [2.24, 2.45) is 0 Å². The molecule has 0 saturated heterocycles. The van der Waals surface area contributed by atoms with Crippen LogP contribution in [0.5, 0.6) is 0 Å². The fourth-order valence-corrected chi connectivity index (χ4v) is 3.98. The molecule has 0 bridgehead atoms. The van der Waals surface area contributed by atoms with E-state index in [1.54, 1.807) is 24.3 Å². The molecule has 0 aliphatic carbocycles. The molecule has 132 valence electrons. The van der Waals surface area contributed by atoms with Crippen LogP contribution >= 0.6 is 0 Å². The molecule has 0 fully saturated rings. The number of benzene rings is 2. The van der Waals surface area contributed by atoms with Crippen molar-refractivity contribution in [3.63, 3.8) is 0 Å². The number of para-hydroxylation sites is 1. The Hall–Kier alpha value is -2.59. The highest BCUT2D eigenvalue weighted by atomic mass is 32.2. The van der Waals surface area contributed by atoms with Gasteiger partial charge < -0.3 is 4.52 Å². The molecule has 0 saturated carbocycles. The van der Waals surface area contributed by atoms with Gasteiger partial charge in [-0.2, -0.15) is 0 Å². The maximum absolute atomic E-state index is 12.4. The second-order valence-electron chi connectivity index (χ2n) is 5.44. The van der Waals surface area contributed by atoms with Gasteiger partial charge in [0.25, 0.3) is 0 Å².